The average molecular weight is 311 g/mol. The summed E-state index contributed by atoms with van der Waals surface area (Å²) in [7, 11) is -3.53. The lowest BCUT2D eigenvalue weighted by molar-refractivity contribution is -0.151. The Morgan fingerprint density at radius 3 is 2.43 bits per heavy atom. The Morgan fingerprint density at radius 2 is 1.95 bits per heavy atom. The molecule has 1 aliphatic heterocycles. The second kappa shape index (κ2) is 5.77. The quantitative estimate of drug-likeness (QED) is 0.925. The summed E-state index contributed by atoms with van der Waals surface area (Å²) in [5.74, 6) is -0.822. The predicted octanol–water partition coefficient (Wildman–Crippen LogP) is 2.26. The maximum Gasteiger partial charge on any atom is 0.309 e. The molecule has 0 amide bonds. The molecular formula is C15H21NO4S. The summed E-state index contributed by atoms with van der Waals surface area (Å²) >= 11 is 0. The summed E-state index contributed by atoms with van der Waals surface area (Å²) < 4.78 is 26.6. The van der Waals surface area contributed by atoms with Crippen LogP contribution in [-0.4, -0.2) is 36.9 Å². The van der Waals surface area contributed by atoms with Crippen molar-refractivity contribution in [2.45, 2.75) is 38.0 Å². The largest absolute Gasteiger partial charge is 0.481 e. The number of piperidine rings is 1. The molecule has 1 aliphatic rings. The number of carbonyl (C=O) groups is 1. The van der Waals surface area contributed by atoms with Crippen molar-refractivity contribution in [1.29, 1.82) is 0 Å². The second-order valence-electron chi connectivity index (χ2n) is 5.66. The minimum absolute atomic E-state index is 0.260. The van der Waals surface area contributed by atoms with Gasteiger partial charge in [-0.1, -0.05) is 19.1 Å². The molecule has 2 rings (SSSR count). The van der Waals surface area contributed by atoms with Gasteiger partial charge in [0.2, 0.25) is 10.0 Å². The second-order valence-corrected chi connectivity index (χ2v) is 7.60. The van der Waals surface area contributed by atoms with E-state index < -0.39 is 21.4 Å². The molecule has 0 aliphatic carbocycles. The predicted molar refractivity (Wildman–Crippen MR) is 79.5 cm³/mol. The smallest absolute Gasteiger partial charge is 0.309 e. The van der Waals surface area contributed by atoms with Crippen molar-refractivity contribution in [1.82, 2.24) is 4.31 Å². The molecule has 1 N–H and O–H groups in total. The van der Waals surface area contributed by atoms with Crippen LogP contribution in [-0.2, 0) is 14.8 Å². The van der Waals surface area contributed by atoms with Crippen LogP contribution in [0.1, 0.15) is 31.7 Å². The first-order valence-electron chi connectivity index (χ1n) is 7.12. The van der Waals surface area contributed by atoms with E-state index in [1.165, 1.54) is 4.31 Å². The van der Waals surface area contributed by atoms with E-state index in [1.54, 1.807) is 18.2 Å². The van der Waals surface area contributed by atoms with Gasteiger partial charge in [-0.3, -0.25) is 4.79 Å². The number of aryl methyl sites for hydroxylation is 1. The van der Waals surface area contributed by atoms with Gasteiger partial charge >= 0.3 is 5.97 Å². The number of rotatable bonds is 4. The van der Waals surface area contributed by atoms with Gasteiger partial charge in [-0.05, 0) is 43.9 Å². The van der Waals surface area contributed by atoms with Crippen LogP contribution in [0.15, 0.2) is 29.2 Å². The van der Waals surface area contributed by atoms with Crippen LogP contribution >= 0.6 is 0 Å². The minimum atomic E-state index is -3.53. The third-order valence-electron chi connectivity index (χ3n) is 4.44. The van der Waals surface area contributed by atoms with Gasteiger partial charge in [0, 0.05) is 13.1 Å². The number of aliphatic carboxylic acids is 1. The molecule has 0 aromatic heterocycles. The molecular weight excluding hydrogens is 290 g/mol. The standard InChI is InChI=1S/C15H21NO4S/c1-3-15(14(17)18)7-9-16(10-8-15)21(19,20)13-6-4-5-12(2)11-13/h4-6,11H,3,7-10H2,1-2H3,(H,17,18). The van der Waals surface area contributed by atoms with Gasteiger partial charge in [-0.25, -0.2) is 8.42 Å². The van der Waals surface area contributed by atoms with E-state index >= 15 is 0 Å². The minimum Gasteiger partial charge on any atom is -0.481 e. The Balaban J connectivity index is 2.20. The molecule has 0 unspecified atom stereocenters. The van der Waals surface area contributed by atoms with Gasteiger partial charge in [-0.2, -0.15) is 4.31 Å². The van der Waals surface area contributed by atoms with Crippen molar-refractivity contribution in [3.63, 3.8) is 0 Å². The van der Waals surface area contributed by atoms with Crippen molar-refractivity contribution < 1.29 is 18.3 Å². The number of carboxylic acid groups (broad SMARTS) is 1. The summed E-state index contributed by atoms with van der Waals surface area (Å²) in [5.41, 5.74) is 0.111. The molecule has 1 fully saturated rings. The van der Waals surface area contributed by atoms with E-state index in [2.05, 4.69) is 0 Å². The zero-order valence-corrected chi connectivity index (χ0v) is 13.2. The Morgan fingerprint density at radius 1 is 1.33 bits per heavy atom. The van der Waals surface area contributed by atoms with Crippen molar-refractivity contribution >= 4 is 16.0 Å². The number of hydrogen-bond acceptors (Lipinski definition) is 3. The van der Waals surface area contributed by atoms with Crippen LogP contribution in [0.5, 0.6) is 0 Å². The molecule has 0 radical (unpaired) electrons. The Labute approximate surface area is 125 Å². The van der Waals surface area contributed by atoms with E-state index in [4.69, 9.17) is 0 Å². The first kappa shape index (κ1) is 16.0. The highest BCUT2D eigenvalue weighted by atomic mass is 32.2. The fourth-order valence-electron chi connectivity index (χ4n) is 2.80. The number of sulfonamides is 1. The van der Waals surface area contributed by atoms with E-state index in [9.17, 15) is 18.3 Å². The summed E-state index contributed by atoms with van der Waals surface area (Å²) in [6, 6.07) is 6.80. The van der Waals surface area contributed by atoms with Crippen LogP contribution in [0.4, 0.5) is 0 Å². The van der Waals surface area contributed by atoms with Crippen molar-refractivity contribution in [3.05, 3.63) is 29.8 Å². The number of hydrogen-bond donors (Lipinski definition) is 1. The van der Waals surface area contributed by atoms with Crippen LogP contribution in [0.25, 0.3) is 0 Å². The van der Waals surface area contributed by atoms with Crippen LogP contribution in [0.3, 0.4) is 0 Å². The molecule has 1 saturated heterocycles. The molecule has 0 bridgehead atoms. The molecule has 6 heteroatoms. The molecule has 21 heavy (non-hydrogen) atoms. The highest BCUT2D eigenvalue weighted by molar-refractivity contribution is 7.89. The van der Waals surface area contributed by atoms with E-state index in [0.717, 1.165) is 5.56 Å². The van der Waals surface area contributed by atoms with Gasteiger partial charge in [0.05, 0.1) is 10.3 Å². The van der Waals surface area contributed by atoms with Crippen LogP contribution in [0, 0.1) is 12.3 Å². The van der Waals surface area contributed by atoms with E-state index in [1.807, 2.05) is 19.9 Å². The van der Waals surface area contributed by atoms with Crippen molar-refractivity contribution in [2.24, 2.45) is 5.41 Å². The monoisotopic (exact) mass is 311 g/mol. The topological polar surface area (TPSA) is 74.7 Å². The molecule has 0 spiro atoms. The third-order valence-corrected chi connectivity index (χ3v) is 6.33. The lowest BCUT2D eigenvalue weighted by Crippen LogP contribution is -2.46. The fraction of sp³-hybridized carbons (Fsp3) is 0.533. The van der Waals surface area contributed by atoms with E-state index in [0.29, 0.717) is 19.3 Å². The normalized spacial score (nSPS) is 19.3. The summed E-state index contributed by atoms with van der Waals surface area (Å²) in [5, 5.41) is 9.36. The van der Waals surface area contributed by atoms with Gasteiger partial charge < -0.3 is 5.11 Å². The third kappa shape index (κ3) is 2.96. The number of benzene rings is 1. The Bertz CT molecular complexity index is 631. The van der Waals surface area contributed by atoms with Gasteiger partial charge in [-0.15, -0.1) is 0 Å². The lowest BCUT2D eigenvalue weighted by Gasteiger charge is -2.37. The maximum atomic E-state index is 12.6. The summed E-state index contributed by atoms with van der Waals surface area (Å²) in [6.45, 7) is 4.22. The zero-order valence-electron chi connectivity index (χ0n) is 12.4. The Hall–Kier alpha value is -1.40. The SMILES string of the molecule is CCC1(C(=O)O)CCN(S(=O)(=O)c2cccc(C)c2)CC1. The number of carboxylic acids is 1. The fourth-order valence-corrected chi connectivity index (χ4v) is 4.34. The maximum absolute atomic E-state index is 12.6. The lowest BCUT2D eigenvalue weighted by atomic mass is 9.77. The summed E-state index contributed by atoms with van der Waals surface area (Å²) in [6.07, 6.45) is 1.26. The molecule has 116 valence electrons. The van der Waals surface area contributed by atoms with Crippen molar-refractivity contribution in [2.75, 3.05) is 13.1 Å². The molecule has 5 nitrogen and oxygen atoms in total. The average Bonchev–Trinajstić information content (AvgIpc) is 2.47. The first-order valence-corrected chi connectivity index (χ1v) is 8.56. The van der Waals surface area contributed by atoms with E-state index in [-0.39, 0.29) is 18.0 Å². The molecule has 0 saturated carbocycles. The Kier molecular flexibility index (Phi) is 4.39. The molecule has 0 atom stereocenters. The molecule has 1 aromatic rings. The van der Waals surface area contributed by atoms with Crippen LogP contribution in [0.2, 0.25) is 0 Å². The first-order chi connectivity index (χ1) is 9.82. The van der Waals surface area contributed by atoms with Crippen LogP contribution < -0.4 is 0 Å². The number of nitrogens with zero attached hydrogens (tertiary/aromatic N) is 1. The highest BCUT2D eigenvalue weighted by Gasteiger charge is 2.42. The zero-order chi connectivity index (χ0) is 15.7. The molecule has 1 aromatic carbocycles. The molecule has 1 heterocycles. The highest BCUT2D eigenvalue weighted by Crippen LogP contribution is 2.36. The summed E-state index contributed by atoms with van der Waals surface area (Å²) in [4.78, 5) is 11.7. The van der Waals surface area contributed by atoms with Gasteiger partial charge in [0.15, 0.2) is 0 Å². The van der Waals surface area contributed by atoms with Gasteiger partial charge in [0.1, 0.15) is 0 Å². The van der Waals surface area contributed by atoms with Gasteiger partial charge in [0.25, 0.3) is 0 Å². The van der Waals surface area contributed by atoms with Crippen molar-refractivity contribution in [3.8, 4) is 0 Å².